The number of aromatic nitrogens is 1. The van der Waals surface area contributed by atoms with E-state index in [1.807, 2.05) is 26.8 Å². The Hall–Kier alpha value is -2.93. The van der Waals surface area contributed by atoms with Crippen LogP contribution in [0, 0.1) is 6.92 Å². The largest absolute Gasteiger partial charge is 0.253 e. The van der Waals surface area contributed by atoms with Gasteiger partial charge < -0.3 is 0 Å². The molecular weight excluding hydrogens is 314 g/mol. The molecule has 0 bridgehead atoms. The van der Waals surface area contributed by atoms with Crippen molar-refractivity contribution < 1.29 is 0 Å². The Balaban J connectivity index is 2.42. The highest BCUT2D eigenvalue weighted by Crippen LogP contribution is 2.26. The first kappa shape index (κ1) is 19.4. The van der Waals surface area contributed by atoms with Gasteiger partial charge in [-0.2, -0.15) is 0 Å². The predicted octanol–water partition coefficient (Wildman–Crippen LogP) is 7.18. The maximum absolute atomic E-state index is 4.73. The van der Waals surface area contributed by atoms with Crippen molar-refractivity contribution in [3.05, 3.63) is 102 Å². The van der Waals surface area contributed by atoms with Gasteiger partial charge in [0, 0.05) is 11.3 Å². The van der Waals surface area contributed by atoms with E-state index in [9.17, 15) is 0 Å². The van der Waals surface area contributed by atoms with E-state index in [2.05, 4.69) is 80.3 Å². The van der Waals surface area contributed by atoms with E-state index in [1.54, 1.807) is 6.08 Å². The summed E-state index contributed by atoms with van der Waals surface area (Å²) in [6.45, 7) is 11.9. The maximum Gasteiger partial charge on any atom is 0.0711 e. The van der Waals surface area contributed by atoms with Crippen LogP contribution in [0.3, 0.4) is 0 Å². The van der Waals surface area contributed by atoms with E-state index in [-0.39, 0.29) is 0 Å². The van der Waals surface area contributed by atoms with Gasteiger partial charge in [0.2, 0.25) is 0 Å². The lowest BCUT2D eigenvalue weighted by Crippen LogP contribution is -1.92. The van der Waals surface area contributed by atoms with E-state index in [0.29, 0.717) is 0 Å². The Labute approximate surface area is 157 Å². The number of hydrogen-bond acceptors (Lipinski definition) is 1. The number of aryl methyl sites for hydroxylation is 1. The average molecular weight is 341 g/mol. The molecule has 26 heavy (non-hydrogen) atoms. The van der Waals surface area contributed by atoms with Crippen molar-refractivity contribution in [2.75, 3.05) is 0 Å². The average Bonchev–Trinajstić information content (AvgIpc) is 2.66. The van der Waals surface area contributed by atoms with E-state index >= 15 is 0 Å². The van der Waals surface area contributed by atoms with Gasteiger partial charge in [-0.25, -0.2) is 0 Å². The molecule has 0 aliphatic rings. The van der Waals surface area contributed by atoms with Crippen LogP contribution in [-0.2, 0) is 0 Å². The fourth-order valence-electron chi connectivity index (χ4n) is 2.89. The highest BCUT2D eigenvalue weighted by molar-refractivity contribution is 5.78. The minimum atomic E-state index is 0.999. The van der Waals surface area contributed by atoms with Crippen LogP contribution in [0.15, 0.2) is 85.5 Å². The summed E-state index contributed by atoms with van der Waals surface area (Å²) in [5.74, 6) is 0. The zero-order valence-corrected chi connectivity index (χ0v) is 16.2. The molecule has 0 unspecified atom stereocenters. The molecule has 0 aliphatic heterocycles. The van der Waals surface area contributed by atoms with Crippen LogP contribution < -0.4 is 0 Å². The Kier molecular flexibility index (Phi) is 7.11. The van der Waals surface area contributed by atoms with Gasteiger partial charge in [0.1, 0.15) is 0 Å². The van der Waals surface area contributed by atoms with Gasteiger partial charge in [-0.1, -0.05) is 73.4 Å². The van der Waals surface area contributed by atoms with Crippen molar-refractivity contribution in [2.24, 2.45) is 0 Å². The quantitative estimate of drug-likeness (QED) is 0.507. The molecule has 0 fully saturated rings. The summed E-state index contributed by atoms with van der Waals surface area (Å²) < 4.78 is 0. The molecule has 1 nitrogen and oxygen atoms in total. The Morgan fingerprint density at radius 2 is 1.54 bits per heavy atom. The van der Waals surface area contributed by atoms with Gasteiger partial charge in [0.05, 0.1) is 5.69 Å². The molecule has 0 saturated carbocycles. The van der Waals surface area contributed by atoms with Crippen molar-refractivity contribution in [2.45, 2.75) is 27.7 Å². The Morgan fingerprint density at radius 1 is 0.885 bits per heavy atom. The summed E-state index contributed by atoms with van der Waals surface area (Å²) in [4.78, 5) is 4.73. The summed E-state index contributed by atoms with van der Waals surface area (Å²) >= 11 is 0. The van der Waals surface area contributed by atoms with Crippen LogP contribution in [0.25, 0.3) is 22.4 Å². The first-order valence-electron chi connectivity index (χ1n) is 8.97. The van der Waals surface area contributed by atoms with Gasteiger partial charge in [0.25, 0.3) is 0 Å². The van der Waals surface area contributed by atoms with Gasteiger partial charge in [0.15, 0.2) is 0 Å². The van der Waals surface area contributed by atoms with E-state index in [1.165, 1.54) is 22.3 Å². The molecule has 0 radical (unpaired) electrons. The SMILES string of the molecule is C=C/C=C\C(=C/C)c1ccc(-c2cc(C(/C=C\C)=C/C)cc(C)n2)cc1. The molecule has 1 heteroatoms. The number of rotatable bonds is 6. The number of hydrogen-bond donors (Lipinski definition) is 0. The van der Waals surface area contributed by atoms with Crippen molar-refractivity contribution in [1.29, 1.82) is 0 Å². The summed E-state index contributed by atoms with van der Waals surface area (Å²) in [6.07, 6.45) is 14.2. The lowest BCUT2D eigenvalue weighted by molar-refractivity contribution is 1.20. The van der Waals surface area contributed by atoms with Crippen molar-refractivity contribution in [1.82, 2.24) is 4.98 Å². The van der Waals surface area contributed by atoms with Gasteiger partial charge >= 0.3 is 0 Å². The molecule has 0 amide bonds. The van der Waals surface area contributed by atoms with E-state index in [0.717, 1.165) is 17.0 Å². The van der Waals surface area contributed by atoms with E-state index in [4.69, 9.17) is 4.98 Å². The van der Waals surface area contributed by atoms with Crippen LogP contribution in [0.1, 0.15) is 37.6 Å². The second-order valence-corrected chi connectivity index (χ2v) is 6.04. The van der Waals surface area contributed by atoms with Crippen molar-refractivity contribution in [3.63, 3.8) is 0 Å². The highest BCUT2D eigenvalue weighted by Gasteiger charge is 2.06. The molecule has 2 rings (SSSR count). The Bertz CT molecular complexity index is 875. The van der Waals surface area contributed by atoms with Crippen LogP contribution >= 0.6 is 0 Å². The summed E-state index contributed by atoms with van der Waals surface area (Å²) in [6, 6.07) is 12.8. The highest BCUT2D eigenvalue weighted by atomic mass is 14.7. The number of allylic oxidation sites excluding steroid dienone is 9. The molecule has 2 aromatic rings. The summed E-state index contributed by atoms with van der Waals surface area (Å²) in [5, 5.41) is 0. The summed E-state index contributed by atoms with van der Waals surface area (Å²) in [5.41, 5.74) is 7.91. The molecule has 1 heterocycles. The predicted molar refractivity (Wildman–Crippen MR) is 116 cm³/mol. The molecule has 0 saturated heterocycles. The first-order chi connectivity index (χ1) is 12.6. The lowest BCUT2D eigenvalue weighted by Gasteiger charge is -2.09. The molecule has 132 valence electrons. The summed E-state index contributed by atoms with van der Waals surface area (Å²) in [7, 11) is 0. The fourth-order valence-corrected chi connectivity index (χ4v) is 2.89. The smallest absolute Gasteiger partial charge is 0.0711 e. The minimum absolute atomic E-state index is 0.999. The van der Waals surface area contributed by atoms with E-state index < -0.39 is 0 Å². The van der Waals surface area contributed by atoms with Gasteiger partial charge in [-0.05, 0) is 62.1 Å². The van der Waals surface area contributed by atoms with Crippen molar-refractivity contribution >= 4 is 11.1 Å². The zero-order valence-electron chi connectivity index (χ0n) is 16.2. The zero-order chi connectivity index (χ0) is 18.9. The minimum Gasteiger partial charge on any atom is -0.253 e. The van der Waals surface area contributed by atoms with Crippen LogP contribution in [0.5, 0.6) is 0 Å². The molecule has 1 aromatic carbocycles. The molecule has 0 aliphatic carbocycles. The third-order valence-corrected chi connectivity index (χ3v) is 4.18. The van der Waals surface area contributed by atoms with Crippen LogP contribution in [-0.4, -0.2) is 4.98 Å². The van der Waals surface area contributed by atoms with Crippen LogP contribution in [0.4, 0.5) is 0 Å². The standard InChI is InChI=1S/C25H27N/c1-6-10-12-21(9-4)22-13-15-23(16-14-22)25-18-24(17-19(5)26-25)20(8-3)11-7-2/h6-18H,1H2,2-5H3/b11-7-,12-10-,20-8+,21-9+. The molecule has 0 N–H and O–H groups in total. The lowest BCUT2D eigenvalue weighted by atomic mass is 9.99. The third kappa shape index (κ3) is 4.80. The molecule has 0 atom stereocenters. The number of benzene rings is 1. The van der Waals surface area contributed by atoms with Crippen molar-refractivity contribution in [3.8, 4) is 11.3 Å². The Morgan fingerprint density at radius 3 is 2.12 bits per heavy atom. The maximum atomic E-state index is 4.73. The normalized spacial score (nSPS) is 12.9. The van der Waals surface area contributed by atoms with Gasteiger partial charge in [-0.15, -0.1) is 0 Å². The molecule has 0 spiro atoms. The molecular formula is C25H27N. The topological polar surface area (TPSA) is 12.9 Å². The third-order valence-electron chi connectivity index (χ3n) is 4.18. The van der Waals surface area contributed by atoms with Gasteiger partial charge in [-0.3, -0.25) is 4.98 Å². The fraction of sp³-hybridized carbons (Fsp3) is 0.160. The second kappa shape index (κ2) is 9.53. The number of pyridine rings is 1. The van der Waals surface area contributed by atoms with Crippen LogP contribution in [0.2, 0.25) is 0 Å². The second-order valence-electron chi connectivity index (χ2n) is 6.04. The first-order valence-corrected chi connectivity index (χ1v) is 8.97. The monoisotopic (exact) mass is 341 g/mol. The molecule has 1 aromatic heterocycles. The number of nitrogens with zero attached hydrogens (tertiary/aromatic N) is 1.